The first-order chi connectivity index (χ1) is 8.48. The van der Waals surface area contributed by atoms with Crippen LogP contribution in [-0.4, -0.2) is 13.7 Å². The maximum absolute atomic E-state index is 12.3. The van der Waals surface area contributed by atoms with Gasteiger partial charge in [-0.05, 0) is 30.9 Å². The maximum atomic E-state index is 12.3. The number of nitrogens with two attached hydrogens (primary N) is 1. The highest BCUT2D eigenvalue weighted by molar-refractivity contribution is 7.92. The zero-order valence-electron chi connectivity index (χ0n) is 10.6. The van der Waals surface area contributed by atoms with Gasteiger partial charge in [0, 0.05) is 11.9 Å². The first-order valence-electron chi connectivity index (χ1n) is 5.93. The highest BCUT2D eigenvalue weighted by Gasteiger charge is 2.21. The lowest BCUT2D eigenvalue weighted by molar-refractivity contribution is 0.588. The number of sulfone groups is 1. The van der Waals surface area contributed by atoms with Crippen LogP contribution >= 0.6 is 0 Å². The number of hydrogen-bond donors (Lipinski definition) is 1. The molecule has 18 heavy (non-hydrogen) atoms. The van der Waals surface area contributed by atoms with Crippen molar-refractivity contribution in [3.63, 3.8) is 0 Å². The van der Waals surface area contributed by atoms with Gasteiger partial charge in [-0.1, -0.05) is 30.3 Å². The predicted octanol–water partition coefficient (Wildman–Crippen LogP) is 2.48. The van der Waals surface area contributed by atoms with Gasteiger partial charge in [0.1, 0.15) is 0 Å². The molecule has 0 radical (unpaired) electrons. The van der Waals surface area contributed by atoms with Crippen LogP contribution in [0.5, 0.6) is 0 Å². The Balaban J connectivity index is 2.83. The average Bonchev–Trinajstić information content (AvgIpc) is 2.37. The minimum atomic E-state index is -3.27. The Labute approximate surface area is 108 Å². The highest BCUT2D eigenvalue weighted by Crippen LogP contribution is 2.28. The second-order valence-corrected chi connectivity index (χ2v) is 7.04. The monoisotopic (exact) mass is 263 g/mol. The van der Waals surface area contributed by atoms with Crippen LogP contribution in [0.2, 0.25) is 0 Å². The van der Waals surface area contributed by atoms with Crippen LogP contribution < -0.4 is 5.73 Å². The van der Waals surface area contributed by atoms with Crippen molar-refractivity contribution in [2.24, 2.45) is 5.73 Å². The normalized spacial score (nSPS) is 12.2. The Morgan fingerprint density at radius 2 is 1.67 bits per heavy atom. The van der Waals surface area contributed by atoms with E-state index in [4.69, 9.17) is 5.73 Å². The van der Waals surface area contributed by atoms with Gasteiger partial charge < -0.3 is 5.73 Å². The van der Waals surface area contributed by atoms with E-state index in [1.54, 1.807) is 26.0 Å². The number of benzene rings is 2. The van der Waals surface area contributed by atoms with E-state index in [0.717, 1.165) is 16.3 Å². The zero-order valence-corrected chi connectivity index (χ0v) is 11.4. The third-order valence-corrected chi connectivity index (χ3v) is 5.33. The van der Waals surface area contributed by atoms with E-state index in [1.165, 1.54) is 0 Å². The summed E-state index contributed by atoms with van der Waals surface area (Å²) in [5.74, 6) is 0. The topological polar surface area (TPSA) is 60.2 Å². The predicted molar refractivity (Wildman–Crippen MR) is 74.2 cm³/mol. The van der Waals surface area contributed by atoms with Crippen molar-refractivity contribution in [2.75, 3.05) is 0 Å². The van der Waals surface area contributed by atoms with Crippen molar-refractivity contribution >= 4 is 20.6 Å². The molecule has 0 heterocycles. The lowest BCUT2D eigenvalue weighted by Crippen LogP contribution is -2.14. The Morgan fingerprint density at radius 1 is 1.06 bits per heavy atom. The van der Waals surface area contributed by atoms with Gasteiger partial charge in [-0.2, -0.15) is 0 Å². The average molecular weight is 263 g/mol. The minimum absolute atomic E-state index is 0.394. The highest BCUT2D eigenvalue weighted by atomic mass is 32.2. The number of fused-ring (bicyclic) bond motifs is 1. The summed E-state index contributed by atoms with van der Waals surface area (Å²) in [6.07, 6.45) is 0. The maximum Gasteiger partial charge on any atom is 0.181 e. The Kier molecular flexibility index (Phi) is 3.41. The van der Waals surface area contributed by atoms with Crippen molar-refractivity contribution in [3.8, 4) is 0 Å². The summed E-state index contributed by atoms with van der Waals surface area (Å²) in [5, 5.41) is 1.25. The molecule has 0 spiro atoms. The van der Waals surface area contributed by atoms with Gasteiger partial charge in [0.15, 0.2) is 9.84 Å². The molecule has 2 aromatic carbocycles. The fourth-order valence-electron chi connectivity index (χ4n) is 2.01. The standard InChI is InChI=1S/C14H17NO2S/c1-10(2)18(16,17)14-8-7-11(9-15)12-5-3-4-6-13(12)14/h3-8,10H,9,15H2,1-2H3. The van der Waals surface area contributed by atoms with Gasteiger partial charge in [-0.15, -0.1) is 0 Å². The smallest absolute Gasteiger partial charge is 0.181 e. The van der Waals surface area contributed by atoms with Gasteiger partial charge in [-0.25, -0.2) is 8.42 Å². The lowest BCUT2D eigenvalue weighted by Gasteiger charge is -2.13. The molecular weight excluding hydrogens is 246 g/mol. The second kappa shape index (κ2) is 4.71. The largest absolute Gasteiger partial charge is 0.326 e. The van der Waals surface area contributed by atoms with Crippen LogP contribution in [0, 0.1) is 0 Å². The molecule has 0 unspecified atom stereocenters. The summed E-state index contributed by atoms with van der Waals surface area (Å²) in [6, 6.07) is 11.0. The molecule has 0 atom stereocenters. The first-order valence-corrected chi connectivity index (χ1v) is 7.47. The van der Waals surface area contributed by atoms with E-state index in [1.807, 2.05) is 24.3 Å². The van der Waals surface area contributed by atoms with Gasteiger partial charge in [0.25, 0.3) is 0 Å². The fourth-order valence-corrected chi connectivity index (χ4v) is 3.26. The molecular formula is C14H17NO2S. The molecule has 96 valence electrons. The molecule has 0 aliphatic carbocycles. The molecule has 0 aliphatic rings. The van der Waals surface area contributed by atoms with E-state index < -0.39 is 15.1 Å². The van der Waals surface area contributed by atoms with Gasteiger partial charge in [0.2, 0.25) is 0 Å². The third-order valence-electron chi connectivity index (χ3n) is 3.12. The van der Waals surface area contributed by atoms with Crippen LogP contribution in [0.1, 0.15) is 19.4 Å². The van der Waals surface area contributed by atoms with Crippen LogP contribution in [0.4, 0.5) is 0 Å². The Hall–Kier alpha value is -1.39. The summed E-state index contributed by atoms with van der Waals surface area (Å²) in [4.78, 5) is 0.394. The third kappa shape index (κ3) is 2.02. The molecule has 0 fully saturated rings. The lowest BCUT2D eigenvalue weighted by atomic mass is 10.0. The number of hydrogen-bond acceptors (Lipinski definition) is 3. The summed E-state index contributed by atoms with van der Waals surface area (Å²) in [5.41, 5.74) is 6.65. The minimum Gasteiger partial charge on any atom is -0.326 e. The molecule has 0 aliphatic heterocycles. The van der Waals surface area contributed by atoms with E-state index in [2.05, 4.69) is 0 Å². The van der Waals surface area contributed by atoms with E-state index >= 15 is 0 Å². The molecule has 4 heteroatoms. The molecule has 0 saturated carbocycles. The van der Waals surface area contributed by atoms with Gasteiger partial charge >= 0.3 is 0 Å². The van der Waals surface area contributed by atoms with Crippen LogP contribution in [0.3, 0.4) is 0 Å². The Morgan fingerprint density at radius 3 is 2.22 bits per heavy atom. The zero-order chi connectivity index (χ0) is 13.3. The SMILES string of the molecule is CC(C)S(=O)(=O)c1ccc(CN)c2ccccc12. The first kappa shape index (κ1) is 13.1. The summed E-state index contributed by atoms with van der Waals surface area (Å²) >= 11 is 0. The van der Waals surface area contributed by atoms with Crippen molar-refractivity contribution in [2.45, 2.75) is 30.5 Å². The molecule has 0 aromatic heterocycles. The summed E-state index contributed by atoms with van der Waals surface area (Å²) in [6.45, 7) is 3.80. The van der Waals surface area contributed by atoms with E-state index in [0.29, 0.717) is 11.4 Å². The molecule has 0 bridgehead atoms. The van der Waals surface area contributed by atoms with E-state index in [-0.39, 0.29) is 0 Å². The van der Waals surface area contributed by atoms with Crippen LogP contribution in [0.25, 0.3) is 10.8 Å². The molecule has 3 nitrogen and oxygen atoms in total. The molecule has 2 rings (SSSR count). The van der Waals surface area contributed by atoms with Crippen LogP contribution in [-0.2, 0) is 16.4 Å². The molecule has 0 saturated heterocycles. The molecule has 2 aromatic rings. The fraction of sp³-hybridized carbons (Fsp3) is 0.286. The van der Waals surface area contributed by atoms with Crippen LogP contribution in [0.15, 0.2) is 41.3 Å². The van der Waals surface area contributed by atoms with Crippen molar-refractivity contribution < 1.29 is 8.42 Å². The Bertz CT molecular complexity index is 675. The van der Waals surface area contributed by atoms with E-state index in [9.17, 15) is 8.42 Å². The van der Waals surface area contributed by atoms with Crippen molar-refractivity contribution in [1.29, 1.82) is 0 Å². The van der Waals surface area contributed by atoms with Gasteiger partial charge in [-0.3, -0.25) is 0 Å². The van der Waals surface area contributed by atoms with Gasteiger partial charge in [0.05, 0.1) is 10.1 Å². The summed E-state index contributed by atoms with van der Waals surface area (Å²) in [7, 11) is -3.27. The molecule has 0 amide bonds. The molecule has 2 N–H and O–H groups in total. The summed E-state index contributed by atoms with van der Waals surface area (Å²) < 4.78 is 24.6. The van der Waals surface area contributed by atoms with Crippen molar-refractivity contribution in [3.05, 3.63) is 42.0 Å². The number of rotatable bonds is 3. The second-order valence-electron chi connectivity index (χ2n) is 4.57. The quantitative estimate of drug-likeness (QED) is 0.925. The van der Waals surface area contributed by atoms with Crippen molar-refractivity contribution in [1.82, 2.24) is 0 Å².